The summed E-state index contributed by atoms with van der Waals surface area (Å²) in [7, 11) is 0. The normalized spacial score (nSPS) is 11.7. The number of aryl methyl sites for hydroxylation is 2. The Morgan fingerprint density at radius 2 is 1.95 bits per heavy atom. The number of nitrogens with one attached hydrogen (secondary N) is 1. The highest BCUT2D eigenvalue weighted by molar-refractivity contribution is 9.10. The SMILES string of the molecule is Cc1noc(C)c1CNc1cc(Br)cc(C(F)(F)F)c1. The molecule has 2 aromatic rings. The third-order valence-electron chi connectivity index (χ3n) is 2.88. The van der Waals surface area contributed by atoms with E-state index >= 15 is 0 Å². The van der Waals surface area contributed by atoms with Gasteiger partial charge in [-0.15, -0.1) is 0 Å². The second kappa shape index (κ2) is 5.47. The van der Waals surface area contributed by atoms with Gasteiger partial charge in [-0.3, -0.25) is 0 Å². The minimum absolute atomic E-state index is 0.356. The molecule has 0 aliphatic heterocycles. The number of benzene rings is 1. The molecule has 1 aromatic heterocycles. The van der Waals surface area contributed by atoms with Gasteiger partial charge in [0.1, 0.15) is 5.76 Å². The van der Waals surface area contributed by atoms with Crippen LogP contribution in [-0.4, -0.2) is 5.16 Å². The van der Waals surface area contributed by atoms with E-state index in [1.165, 1.54) is 0 Å². The Balaban J connectivity index is 2.20. The van der Waals surface area contributed by atoms with Gasteiger partial charge in [0.15, 0.2) is 0 Å². The molecule has 0 aliphatic rings. The molecule has 0 saturated carbocycles. The van der Waals surface area contributed by atoms with Gasteiger partial charge in [0.2, 0.25) is 0 Å². The number of halogens is 4. The van der Waals surface area contributed by atoms with Crippen LogP contribution < -0.4 is 5.32 Å². The molecule has 2 rings (SSSR count). The zero-order valence-corrected chi connectivity index (χ0v) is 12.4. The zero-order chi connectivity index (χ0) is 14.9. The maximum absolute atomic E-state index is 12.7. The molecule has 0 atom stereocenters. The van der Waals surface area contributed by atoms with E-state index in [-0.39, 0.29) is 0 Å². The maximum Gasteiger partial charge on any atom is 0.416 e. The van der Waals surface area contributed by atoms with Crippen molar-refractivity contribution in [3.05, 3.63) is 45.3 Å². The van der Waals surface area contributed by atoms with E-state index in [9.17, 15) is 13.2 Å². The van der Waals surface area contributed by atoms with Crippen molar-refractivity contribution in [3.63, 3.8) is 0 Å². The van der Waals surface area contributed by atoms with Crippen molar-refractivity contribution in [2.24, 2.45) is 0 Å². The molecule has 0 radical (unpaired) electrons. The molecule has 3 nitrogen and oxygen atoms in total. The predicted molar refractivity (Wildman–Crippen MR) is 72.4 cm³/mol. The van der Waals surface area contributed by atoms with Gasteiger partial charge in [0, 0.05) is 22.3 Å². The number of rotatable bonds is 3. The van der Waals surface area contributed by atoms with E-state index < -0.39 is 11.7 Å². The number of aromatic nitrogens is 1. The summed E-state index contributed by atoms with van der Waals surface area (Å²) in [6.07, 6.45) is -4.37. The fourth-order valence-corrected chi connectivity index (χ4v) is 2.29. The Labute approximate surface area is 122 Å². The first kappa shape index (κ1) is 14.9. The number of hydrogen-bond donors (Lipinski definition) is 1. The topological polar surface area (TPSA) is 38.1 Å². The lowest BCUT2D eigenvalue weighted by molar-refractivity contribution is -0.137. The summed E-state index contributed by atoms with van der Waals surface area (Å²) in [5.74, 6) is 0.654. The van der Waals surface area contributed by atoms with Gasteiger partial charge >= 0.3 is 6.18 Å². The first-order valence-corrected chi connectivity index (χ1v) is 6.60. The number of anilines is 1. The molecule has 0 unspecified atom stereocenters. The van der Waals surface area contributed by atoms with Crippen molar-refractivity contribution in [1.29, 1.82) is 0 Å². The molecule has 108 valence electrons. The molecule has 1 heterocycles. The van der Waals surface area contributed by atoms with E-state index in [0.717, 1.165) is 23.4 Å². The Morgan fingerprint density at radius 1 is 1.25 bits per heavy atom. The van der Waals surface area contributed by atoms with Gasteiger partial charge in [-0.25, -0.2) is 0 Å². The lowest BCUT2D eigenvalue weighted by atomic mass is 10.1. The molecular formula is C13H12BrF3N2O. The number of alkyl halides is 3. The first-order chi connectivity index (χ1) is 9.27. The third kappa shape index (κ3) is 3.33. The summed E-state index contributed by atoms with van der Waals surface area (Å²) in [5.41, 5.74) is 1.25. The standard InChI is InChI=1S/C13H12BrF3N2O/c1-7-12(8(2)20-19-7)6-18-11-4-9(13(15,16)17)3-10(14)5-11/h3-5,18H,6H2,1-2H3. The molecule has 0 spiro atoms. The molecule has 0 aliphatic carbocycles. The van der Waals surface area contributed by atoms with Crippen molar-refractivity contribution < 1.29 is 17.7 Å². The van der Waals surface area contributed by atoms with Crippen molar-refractivity contribution in [2.45, 2.75) is 26.6 Å². The molecule has 20 heavy (non-hydrogen) atoms. The van der Waals surface area contributed by atoms with Gasteiger partial charge in [0.25, 0.3) is 0 Å². The monoisotopic (exact) mass is 348 g/mol. The lowest BCUT2D eigenvalue weighted by Gasteiger charge is -2.11. The fourth-order valence-electron chi connectivity index (χ4n) is 1.80. The van der Waals surface area contributed by atoms with E-state index in [1.807, 2.05) is 0 Å². The van der Waals surface area contributed by atoms with Crippen molar-refractivity contribution in [2.75, 3.05) is 5.32 Å². The van der Waals surface area contributed by atoms with E-state index in [2.05, 4.69) is 26.4 Å². The highest BCUT2D eigenvalue weighted by atomic mass is 79.9. The molecule has 0 bridgehead atoms. The average molecular weight is 349 g/mol. The summed E-state index contributed by atoms with van der Waals surface area (Å²) in [4.78, 5) is 0. The minimum atomic E-state index is -4.37. The molecule has 0 amide bonds. The van der Waals surface area contributed by atoms with E-state index in [4.69, 9.17) is 4.52 Å². The summed E-state index contributed by atoms with van der Waals surface area (Å²) >= 11 is 3.08. The fraction of sp³-hybridized carbons (Fsp3) is 0.308. The van der Waals surface area contributed by atoms with Crippen LogP contribution in [0.25, 0.3) is 0 Å². The molecule has 1 N–H and O–H groups in total. The summed E-state index contributed by atoms with van der Waals surface area (Å²) in [6.45, 7) is 3.91. The highest BCUT2D eigenvalue weighted by Gasteiger charge is 2.31. The molecular weight excluding hydrogens is 337 g/mol. The third-order valence-corrected chi connectivity index (χ3v) is 3.33. The number of nitrogens with zero attached hydrogens (tertiary/aromatic N) is 1. The minimum Gasteiger partial charge on any atom is -0.381 e. The van der Waals surface area contributed by atoms with E-state index in [0.29, 0.717) is 22.5 Å². The Morgan fingerprint density at radius 3 is 2.50 bits per heavy atom. The quantitative estimate of drug-likeness (QED) is 0.874. The highest BCUT2D eigenvalue weighted by Crippen LogP contribution is 2.33. The zero-order valence-electron chi connectivity index (χ0n) is 10.8. The second-order valence-electron chi connectivity index (χ2n) is 4.38. The molecule has 7 heteroatoms. The number of hydrogen-bond acceptors (Lipinski definition) is 3. The molecule has 0 fully saturated rings. The van der Waals surface area contributed by atoms with Gasteiger partial charge < -0.3 is 9.84 Å². The van der Waals surface area contributed by atoms with Gasteiger partial charge in [0.05, 0.1) is 11.3 Å². The largest absolute Gasteiger partial charge is 0.416 e. The van der Waals surface area contributed by atoms with Crippen molar-refractivity contribution >= 4 is 21.6 Å². The van der Waals surface area contributed by atoms with E-state index in [1.54, 1.807) is 19.9 Å². The Kier molecular flexibility index (Phi) is 4.08. The van der Waals surface area contributed by atoms with Crippen LogP contribution in [0.1, 0.15) is 22.6 Å². The van der Waals surface area contributed by atoms with Crippen LogP contribution in [0.4, 0.5) is 18.9 Å². The van der Waals surface area contributed by atoms with Gasteiger partial charge in [-0.1, -0.05) is 21.1 Å². The molecule has 1 aromatic carbocycles. The lowest BCUT2D eigenvalue weighted by Crippen LogP contribution is -2.07. The van der Waals surface area contributed by atoms with Crippen molar-refractivity contribution in [1.82, 2.24) is 5.16 Å². The van der Waals surface area contributed by atoms with Gasteiger partial charge in [-0.05, 0) is 32.0 Å². The van der Waals surface area contributed by atoms with Crippen LogP contribution in [0, 0.1) is 13.8 Å². The van der Waals surface area contributed by atoms with Crippen LogP contribution in [0.5, 0.6) is 0 Å². The maximum atomic E-state index is 12.7. The van der Waals surface area contributed by atoms with Crippen LogP contribution in [-0.2, 0) is 12.7 Å². The van der Waals surface area contributed by atoms with Crippen molar-refractivity contribution in [3.8, 4) is 0 Å². The Bertz CT molecular complexity index is 603. The summed E-state index contributed by atoms with van der Waals surface area (Å²) in [5, 5.41) is 6.75. The average Bonchev–Trinajstić information content (AvgIpc) is 2.65. The summed E-state index contributed by atoms with van der Waals surface area (Å²) < 4.78 is 43.5. The molecule has 0 saturated heterocycles. The smallest absolute Gasteiger partial charge is 0.381 e. The van der Waals surface area contributed by atoms with Gasteiger partial charge in [-0.2, -0.15) is 13.2 Å². The van der Waals surface area contributed by atoms with Crippen LogP contribution >= 0.6 is 15.9 Å². The predicted octanol–water partition coefficient (Wildman–Crippen LogP) is 4.68. The van der Waals surface area contributed by atoms with Crippen LogP contribution in [0.3, 0.4) is 0 Å². The second-order valence-corrected chi connectivity index (χ2v) is 5.30. The van der Waals surface area contributed by atoms with Crippen LogP contribution in [0.15, 0.2) is 27.2 Å². The first-order valence-electron chi connectivity index (χ1n) is 5.81. The summed E-state index contributed by atoms with van der Waals surface area (Å²) in [6, 6.07) is 3.71. The van der Waals surface area contributed by atoms with Crippen LogP contribution in [0.2, 0.25) is 0 Å². The Hall–Kier alpha value is -1.50.